The molecule has 0 radical (unpaired) electrons. The van der Waals surface area contributed by atoms with E-state index >= 15 is 0 Å². The van der Waals surface area contributed by atoms with Crippen LogP contribution in [-0.4, -0.2) is 6.67 Å². The summed E-state index contributed by atoms with van der Waals surface area (Å²) in [5.41, 5.74) is 1.11. The Kier molecular flexibility index (Phi) is 2.41. The Morgan fingerprint density at radius 2 is 2.15 bits per heavy atom. The first-order valence-electron chi connectivity index (χ1n) is 4.10. The molecule has 66 valence electrons. The first-order chi connectivity index (χ1) is 6.42. The fraction of sp³-hybridized carbons (Fsp3) is 0.0909. The van der Waals surface area contributed by atoms with Crippen LogP contribution in [0.25, 0.3) is 16.2 Å². The largest absolute Gasteiger partial charge is 0.247 e. The van der Waals surface area contributed by atoms with Gasteiger partial charge in [0.05, 0.1) is 0 Å². The van der Waals surface area contributed by atoms with E-state index in [0.29, 0.717) is 0 Å². The Balaban J connectivity index is 2.52. The number of alkyl halides is 1. The highest BCUT2D eigenvalue weighted by Gasteiger charge is 1.98. The molecule has 0 bridgehead atoms. The molecule has 0 spiro atoms. The van der Waals surface area contributed by atoms with Gasteiger partial charge in [-0.3, -0.25) is 0 Å². The van der Waals surface area contributed by atoms with Crippen LogP contribution in [0.4, 0.5) is 4.39 Å². The van der Waals surface area contributed by atoms with Crippen LogP contribution in [-0.2, 0) is 0 Å². The maximum absolute atomic E-state index is 11.9. The molecule has 2 heteroatoms. The molecule has 0 amide bonds. The molecule has 0 nitrogen and oxygen atoms in total. The summed E-state index contributed by atoms with van der Waals surface area (Å²) in [6.07, 6.45) is 3.37. The number of allylic oxidation sites excluding steroid dienone is 1. The molecule has 1 heterocycles. The molecule has 0 aliphatic heterocycles. The molecular weight excluding hydrogens is 183 g/mol. The van der Waals surface area contributed by atoms with Gasteiger partial charge in [-0.1, -0.05) is 30.4 Å². The van der Waals surface area contributed by atoms with Gasteiger partial charge in [0.2, 0.25) is 0 Å². The smallest absolute Gasteiger partial charge is 0.108 e. The average Bonchev–Trinajstić information content (AvgIpc) is 2.58. The van der Waals surface area contributed by atoms with Crippen molar-refractivity contribution in [3.05, 3.63) is 41.3 Å². The van der Waals surface area contributed by atoms with Gasteiger partial charge in [0, 0.05) is 4.70 Å². The van der Waals surface area contributed by atoms with Gasteiger partial charge in [-0.05, 0) is 22.4 Å². The summed E-state index contributed by atoms with van der Waals surface area (Å²) in [5.74, 6) is 0. The van der Waals surface area contributed by atoms with E-state index in [4.69, 9.17) is 0 Å². The van der Waals surface area contributed by atoms with Gasteiger partial charge in [0.15, 0.2) is 0 Å². The summed E-state index contributed by atoms with van der Waals surface area (Å²) in [4.78, 5) is 0. The molecular formula is C11H9FS. The molecule has 2 aromatic rings. The van der Waals surface area contributed by atoms with Crippen LogP contribution in [0.2, 0.25) is 0 Å². The maximum Gasteiger partial charge on any atom is 0.108 e. The van der Waals surface area contributed by atoms with E-state index in [-0.39, 0.29) is 0 Å². The number of hydrogen-bond donors (Lipinski definition) is 0. The lowest BCUT2D eigenvalue weighted by molar-refractivity contribution is 0.563. The molecule has 0 aliphatic carbocycles. The van der Waals surface area contributed by atoms with Crippen molar-refractivity contribution in [2.75, 3.05) is 6.67 Å². The zero-order valence-corrected chi connectivity index (χ0v) is 7.85. The van der Waals surface area contributed by atoms with Crippen LogP contribution < -0.4 is 0 Å². The van der Waals surface area contributed by atoms with Crippen LogP contribution in [0, 0.1) is 0 Å². The van der Waals surface area contributed by atoms with Crippen molar-refractivity contribution in [1.29, 1.82) is 0 Å². The second-order valence-electron chi connectivity index (χ2n) is 2.74. The van der Waals surface area contributed by atoms with E-state index in [2.05, 4.69) is 17.5 Å². The van der Waals surface area contributed by atoms with Crippen molar-refractivity contribution >= 4 is 27.5 Å². The Morgan fingerprint density at radius 1 is 1.31 bits per heavy atom. The van der Waals surface area contributed by atoms with Crippen LogP contribution in [0.3, 0.4) is 0 Å². The zero-order chi connectivity index (χ0) is 9.10. The zero-order valence-electron chi connectivity index (χ0n) is 7.03. The van der Waals surface area contributed by atoms with Crippen LogP contribution in [0.5, 0.6) is 0 Å². The molecule has 1 aromatic heterocycles. The molecule has 0 saturated carbocycles. The lowest BCUT2D eigenvalue weighted by atomic mass is 10.2. The van der Waals surface area contributed by atoms with Gasteiger partial charge in [-0.2, -0.15) is 0 Å². The van der Waals surface area contributed by atoms with Gasteiger partial charge in [0.25, 0.3) is 0 Å². The number of halogens is 1. The first kappa shape index (κ1) is 8.45. The highest BCUT2D eigenvalue weighted by atomic mass is 32.1. The van der Waals surface area contributed by atoms with E-state index in [1.165, 1.54) is 16.2 Å². The van der Waals surface area contributed by atoms with Crippen LogP contribution in [0.1, 0.15) is 5.56 Å². The molecule has 0 saturated heterocycles. The van der Waals surface area contributed by atoms with Gasteiger partial charge >= 0.3 is 0 Å². The van der Waals surface area contributed by atoms with Crippen molar-refractivity contribution < 1.29 is 4.39 Å². The number of benzene rings is 1. The lowest BCUT2D eigenvalue weighted by Crippen LogP contribution is -1.68. The molecule has 13 heavy (non-hydrogen) atoms. The molecule has 0 N–H and O–H groups in total. The minimum Gasteiger partial charge on any atom is -0.247 e. The van der Waals surface area contributed by atoms with Gasteiger partial charge in [-0.25, -0.2) is 4.39 Å². The van der Waals surface area contributed by atoms with Gasteiger partial charge in [0.1, 0.15) is 6.67 Å². The number of hydrogen-bond acceptors (Lipinski definition) is 1. The molecule has 0 fully saturated rings. The summed E-state index contributed by atoms with van der Waals surface area (Å²) in [6.45, 7) is -0.399. The molecule has 1 aromatic carbocycles. The van der Waals surface area contributed by atoms with Crippen molar-refractivity contribution in [2.45, 2.75) is 0 Å². The van der Waals surface area contributed by atoms with Crippen molar-refractivity contribution in [1.82, 2.24) is 0 Å². The molecule has 0 unspecified atom stereocenters. The summed E-state index contributed by atoms with van der Waals surface area (Å²) in [6, 6.07) is 8.15. The quantitative estimate of drug-likeness (QED) is 0.677. The third-order valence-electron chi connectivity index (χ3n) is 1.90. The number of thiophene rings is 1. The summed E-state index contributed by atoms with van der Waals surface area (Å²) in [7, 11) is 0. The van der Waals surface area contributed by atoms with E-state index in [1.807, 2.05) is 18.2 Å². The Labute approximate surface area is 80.3 Å². The van der Waals surface area contributed by atoms with Gasteiger partial charge in [-0.15, -0.1) is 11.3 Å². The van der Waals surface area contributed by atoms with Crippen molar-refractivity contribution in [3.63, 3.8) is 0 Å². The Hall–Kier alpha value is -1.15. The third kappa shape index (κ3) is 1.63. The summed E-state index contributed by atoms with van der Waals surface area (Å²) >= 11 is 1.69. The highest BCUT2D eigenvalue weighted by Crippen LogP contribution is 2.26. The normalized spacial score (nSPS) is 11.5. The minimum atomic E-state index is -0.399. The minimum absolute atomic E-state index is 0.399. The third-order valence-corrected chi connectivity index (χ3v) is 2.88. The van der Waals surface area contributed by atoms with E-state index < -0.39 is 6.67 Å². The average molecular weight is 192 g/mol. The second-order valence-corrected chi connectivity index (χ2v) is 3.66. The fourth-order valence-electron chi connectivity index (χ4n) is 1.30. The van der Waals surface area contributed by atoms with E-state index in [1.54, 1.807) is 11.3 Å². The van der Waals surface area contributed by atoms with Gasteiger partial charge < -0.3 is 0 Å². The topological polar surface area (TPSA) is 0 Å². The lowest BCUT2D eigenvalue weighted by Gasteiger charge is -1.89. The monoisotopic (exact) mass is 192 g/mol. The SMILES string of the molecule is FC/C=C/c1csc2ccccc12. The van der Waals surface area contributed by atoms with E-state index in [0.717, 1.165) is 5.56 Å². The van der Waals surface area contributed by atoms with Crippen molar-refractivity contribution in [2.24, 2.45) is 0 Å². The highest BCUT2D eigenvalue weighted by molar-refractivity contribution is 7.17. The summed E-state index contributed by atoms with van der Waals surface area (Å²) in [5, 5.41) is 3.26. The molecule has 0 atom stereocenters. The summed E-state index contributed by atoms with van der Waals surface area (Å²) < 4.78 is 13.2. The number of fused-ring (bicyclic) bond motifs is 1. The standard InChI is InChI=1S/C11H9FS/c12-7-3-4-9-8-13-11-6-2-1-5-10(9)11/h1-6,8H,7H2/b4-3+. The Bertz CT molecular complexity index is 428. The fourth-order valence-corrected chi connectivity index (χ4v) is 2.23. The van der Waals surface area contributed by atoms with Crippen molar-refractivity contribution in [3.8, 4) is 0 Å². The predicted molar refractivity (Wildman–Crippen MR) is 56.8 cm³/mol. The molecule has 2 rings (SSSR count). The Morgan fingerprint density at radius 3 is 3.00 bits per heavy atom. The number of rotatable bonds is 2. The molecule has 0 aliphatic rings. The predicted octanol–water partition coefficient (Wildman–Crippen LogP) is 3.88. The van der Waals surface area contributed by atoms with Crippen LogP contribution >= 0.6 is 11.3 Å². The van der Waals surface area contributed by atoms with Crippen LogP contribution in [0.15, 0.2) is 35.7 Å². The maximum atomic E-state index is 11.9. The van der Waals surface area contributed by atoms with E-state index in [9.17, 15) is 4.39 Å². The first-order valence-corrected chi connectivity index (χ1v) is 4.98. The second kappa shape index (κ2) is 3.71.